The second kappa shape index (κ2) is 6.79. The first kappa shape index (κ1) is 13.4. The van der Waals surface area contributed by atoms with E-state index in [1.807, 2.05) is 0 Å². The molecule has 0 unspecified atom stereocenters. The summed E-state index contributed by atoms with van der Waals surface area (Å²) in [5.41, 5.74) is 3.45. The second-order valence-corrected chi connectivity index (χ2v) is 4.44. The number of amidine groups is 1. The summed E-state index contributed by atoms with van der Waals surface area (Å²) in [7, 11) is 0. The molecule has 0 aromatic carbocycles. The minimum absolute atomic E-state index is 0.359. The minimum atomic E-state index is -0.373. The number of carbonyl (C=O) groups is 1. The number of carbonyl (C=O) groups excluding carboxylic acids is 1. The van der Waals surface area contributed by atoms with E-state index in [1.165, 1.54) is 17.8 Å². The quantitative estimate of drug-likeness (QED) is 0.393. The third kappa shape index (κ3) is 4.29. The topological polar surface area (TPSA) is 76.2 Å². The van der Waals surface area contributed by atoms with E-state index < -0.39 is 0 Å². The summed E-state index contributed by atoms with van der Waals surface area (Å²) in [6.07, 6.45) is 4.51. The molecule has 6 nitrogen and oxygen atoms in total. The molecule has 1 aromatic heterocycles. The number of hydrogen-bond donors (Lipinski definition) is 1. The lowest BCUT2D eigenvalue weighted by molar-refractivity contribution is -0.137. The van der Waals surface area contributed by atoms with Crippen molar-refractivity contribution in [1.29, 1.82) is 0 Å². The molecular formula is C12H13N3O3S. The summed E-state index contributed by atoms with van der Waals surface area (Å²) in [6, 6.07) is 3.57. The summed E-state index contributed by atoms with van der Waals surface area (Å²) in [6.45, 7) is 2.12. The van der Waals surface area contributed by atoms with Crippen LogP contribution in [0.4, 0.5) is 0 Å². The van der Waals surface area contributed by atoms with Crippen LogP contribution in [-0.4, -0.2) is 29.7 Å². The summed E-state index contributed by atoms with van der Waals surface area (Å²) >= 11 is 1.47. The lowest BCUT2D eigenvalue weighted by Gasteiger charge is -1.95. The van der Waals surface area contributed by atoms with Gasteiger partial charge in [-0.25, -0.2) is 9.79 Å². The minimum Gasteiger partial charge on any atom is -0.463 e. The molecule has 0 saturated carbocycles. The molecule has 0 bridgehead atoms. The molecule has 1 N–H and O–H groups in total. The molecule has 0 amide bonds. The smallest absolute Gasteiger partial charge is 0.332 e. The Kier molecular flexibility index (Phi) is 4.79. The van der Waals surface area contributed by atoms with Crippen molar-refractivity contribution in [3.63, 3.8) is 0 Å². The summed E-state index contributed by atoms with van der Waals surface area (Å²) < 4.78 is 9.90. The molecule has 0 radical (unpaired) electrons. The molecule has 1 aliphatic heterocycles. The van der Waals surface area contributed by atoms with Crippen molar-refractivity contribution in [2.75, 3.05) is 12.4 Å². The molecule has 0 spiro atoms. The van der Waals surface area contributed by atoms with Gasteiger partial charge in [-0.3, -0.25) is 5.43 Å². The van der Waals surface area contributed by atoms with Gasteiger partial charge in [0.15, 0.2) is 5.17 Å². The third-order valence-electron chi connectivity index (χ3n) is 2.07. The highest BCUT2D eigenvalue weighted by Gasteiger charge is 2.13. The van der Waals surface area contributed by atoms with Gasteiger partial charge in [0.25, 0.3) is 0 Å². The average molecular weight is 279 g/mol. The number of hydrogen-bond acceptors (Lipinski definition) is 7. The first-order valence-electron chi connectivity index (χ1n) is 5.69. The molecule has 2 heterocycles. The van der Waals surface area contributed by atoms with Crippen LogP contribution in [-0.2, 0) is 9.53 Å². The molecule has 19 heavy (non-hydrogen) atoms. The zero-order chi connectivity index (χ0) is 13.5. The fourth-order valence-corrected chi connectivity index (χ4v) is 2.04. The van der Waals surface area contributed by atoms with E-state index in [-0.39, 0.29) is 5.97 Å². The van der Waals surface area contributed by atoms with Crippen molar-refractivity contribution in [2.24, 2.45) is 10.1 Å². The summed E-state index contributed by atoms with van der Waals surface area (Å²) in [4.78, 5) is 15.4. The van der Waals surface area contributed by atoms with Gasteiger partial charge < -0.3 is 9.15 Å². The Morgan fingerprint density at radius 3 is 3.37 bits per heavy atom. The van der Waals surface area contributed by atoms with E-state index in [2.05, 4.69) is 15.5 Å². The van der Waals surface area contributed by atoms with E-state index in [0.29, 0.717) is 29.0 Å². The molecule has 1 aliphatic rings. The van der Waals surface area contributed by atoms with Crippen molar-refractivity contribution in [3.8, 4) is 0 Å². The van der Waals surface area contributed by atoms with Gasteiger partial charge in [0.1, 0.15) is 5.76 Å². The summed E-state index contributed by atoms with van der Waals surface area (Å²) in [5, 5.41) is 4.62. The van der Waals surface area contributed by atoms with Crippen LogP contribution in [0.1, 0.15) is 12.7 Å². The third-order valence-corrected chi connectivity index (χ3v) is 2.96. The maximum absolute atomic E-state index is 11.2. The number of nitrogens with zero attached hydrogens (tertiary/aromatic N) is 2. The van der Waals surface area contributed by atoms with Gasteiger partial charge in [-0.05, 0) is 19.1 Å². The fourth-order valence-electron chi connectivity index (χ4n) is 1.30. The Morgan fingerprint density at radius 2 is 2.63 bits per heavy atom. The predicted molar refractivity (Wildman–Crippen MR) is 74.0 cm³/mol. The number of esters is 1. The van der Waals surface area contributed by atoms with Crippen LogP contribution in [0.15, 0.2) is 44.7 Å². The molecule has 7 heteroatoms. The Hall–Kier alpha value is -2.02. The predicted octanol–water partition coefficient (Wildman–Crippen LogP) is 1.75. The van der Waals surface area contributed by atoms with Crippen molar-refractivity contribution >= 4 is 29.1 Å². The van der Waals surface area contributed by atoms with Gasteiger partial charge in [0, 0.05) is 11.8 Å². The van der Waals surface area contributed by atoms with E-state index in [1.54, 1.807) is 31.5 Å². The van der Waals surface area contributed by atoms with Gasteiger partial charge in [-0.2, -0.15) is 5.10 Å². The van der Waals surface area contributed by atoms with Gasteiger partial charge in [0.05, 0.1) is 24.8 Å². The van der Waals surface area contributed by atoms with E-state index in [9.17, 15) is 4.79 Å². The Labute approximate surface area is 114 Å². The number of rotatable bonds is 4. The second-order valence-electron chi connectivity index (χ2n) is 3.48. The fraction of sp³-hybridized carbons (Fsp3) is 0.250. The molecule has 100 valence electrons. The highest BCUT2D eigenvalue weighted by molar-refractivity contribution is 8.14. The average Bonchev–Trinajstić information content (AvgIpc) is 3.01. The largest absolute Gasteiger partial charge is 0.463 e. The lowest BCUT2D eigenvalue weighted by Crippen LogP contribution is -2.11. The Morgan fingerprint density at radius 1 is 1.74 bits per heavy atom. The zero-order valence-corrected chi connectivity index (χ0v) is 11.1. The molecule has 0 aliphatic carbocycles. The first-order chi connectivity index (χ1) is 9.28. The molecule has 1 aromatic rings. The van der Waals surface area contributed by atoms with Crippen LogP contribution >= 0.6 is 11.8 Å². The van der Waals surface area contributed by atoms with E-state index in [4.69, 9.17) is 9.15 Å². The standard InChI is InChI=1S/C12H13N3O3S/c1-2-17-11(16)6-9-8-19-12(14-9)15-13-7-10-4-3-5-18-10/h3-7H,2,8H2,1H3,(H,14,15)/b9-6-,13-7+. The highest BCUT2D eigenvalue weighted by atomic mass is 32.2. The van der Waals surface area contributed by atoms with Gasteiger partial charge in [0.2, 0.25) is 0 Å². The van der Waals surface area contributed by atoms with Crippen LogP contribution in [0.3, 0.4) is 0 Å². The number of nitrogens with one attached hydrogen (secondary N) is 1. The summed E-state index contributed by atoms with van der Waals surface area (Å²) in [5.74, 6) is 0.901. The SMILES string of the molecule is CCOC(=O)/C=C1/CSC(N/N=C/c2ccco2)=N1. The van der Waals surface area contributed by atoms with Crippen LogP contribution in [0.5, 0.6) is 0 Å². The van der Waals surface area contributed by atoms with Crippen LogP contribution in [0.2, 0.25) is 0 Å². The monoisotopic (exact) mass is 279 g/mol. The Balaban J connectivity index is 1.87. The van der Waals surface area contributed by atoms with Crippen molar-refractivity contribution < 1.29 is 13.9 Å². The highest BCUT2D eigenvalue weighted by Crippen LogP contribution is 2.19. The van der Waals surface area contributed by atoms with Gasteiger partial charge in [-0.15, -0.1) is 0 Å². The first-order valence-corrected chi connectivity index (χ1v) is 6.68. The number of hydrazone groups is 1. The van der Waals surface area contributed by atoms with Crippen LogP contribution in [0.25, 0.3) is 0 Å². The maximum atomic E-state index is 11.2. The molecule has 0 saturated heterocycles. The number of aliphatic imine (C=N–C) groups is 1. The van der Waals surface area contributed by atoms with Crippen LogP contribution in [0, 0.1) is 0 Å². The van der Waals surface area contributed by atoms with Gasteiger partial charge in [-0.1, -0.05) is 11.8 Å². The number of thioether (sulfide) groups is 1. The van der Waals surface area contributed by atoms with Crippen molar-refractivity contribution in [2.45, 2.75) is 6.92 Å². The molecular weight excluding hydrogens is 266 g/mol. The zero-order valence-electron chi connectivity index (χ0n) is 10.3. The molecule has 2 rings (SSSR count). The van der Waals surface area contributed by atoms with Crippen molar-refractivity contribution in [1.82, 2.24) is 5.43 Å². The molecule has 0 atom stereocenters. The number of furan rings is 1. The van der Waals surface area contributed by atoms with Gasteiger partial charge >= 0.3 is 5.97 Å². The normalized spacial score (nSPS) is 16.9. The maximum Gasteiger partial charge on any atom is 0.332 e. The molecule has 0 fully saturated rings. The number of ether oxygens (including phenoxy) is 1. The lowest BCUT2D eigenvalue weighted by atomic mass is 10.4. The Bertz CT molecular complexity index is 520. The van der Waals surface area contributed by atoms with E-state index >= 15 is 0 Å². The van der Waals surface area contributed by atoms with E-state index in [0.717, 1.165) is 0 Å². The van der Waals surface area contributed by atoms with Crippen molar-refractivity contribution in [3.05, 3.63) is 35.9 Å². The van der Waals surface area contributed by atoms with Crippen LogP contribution < -0.4 is 5.43 Å².